The molecule has 19 heavy (non-hydrogen) atoms. The van der Waals surface area contributed by atoms with Gasteiger partial charge < -0.3 is 5.32 Å². The first kappa shape index (κ1) is 14.6. The van der Waals surface area contributed by atoms with Crippen LogP contribution in [0, 0.1) is 17.8 Å². The predicted molar refractivity (Wildman–Crippen MR) is 80.0 cm³/mol. The van der Waals surface area contributed by atoms with Crippen LogP contribution in [-0.2, 0) is 13.6 Å². The standard InChI is InChI=1S/C16H29N3/c1-12-7-14(19(6)18-12)10-17-13-8-15(2,3)11-16(4,5)9-13/h7,13,17H,8-11H2,1-6H3. The van der Waals surface area contributed by atoms with Crippen molar-refractivity contribution in [2.45, 2.75) is 66.5 Å². The van der Waals surface area contributed by atoms with Gasteiger partial charge in [-0.2, -0.15) is 5.10 Å². The van der Waals surface area contributed by atoms with E-state index in [1.165, 1.54) is 25.0 Å². The van der Waals surface area contributed by atoms with E-state index in [1.807, 2.05) is 11.7 Å². The van der Waals surface area contributed by atoms with Crippen molar-refractivity contribution in [3.63, 3.8) is 0 Å². The SMILES string of the molecule is Cc1cc(CNC2CC(C)(C)CC(C)(C)C2)n(C)n1. The highest BCUT2D eigenvalue weighted by Gasteiger charge is 2.38. The van der Waals surface area contributed by atoms with Gasteiger partial charge in [0.25, 0.3) is 0 Å². The van der Waals surface area contributed by atoms with Gasteiger partial charge in [0, 0.05) is 19.6 Å². The Balaban J connectivity index is 1.97. The van der Waals surface area contributed by atoms with Crippen LogP contribution in [0.3, 0.4) is 0 Å². The Bertz CT molecular complexity index is 427. The summed E-state index contributed by atoms with van der Waals surface area (Å²) in [6.07, 6.45) is 3.86. The average molecular weight is 263 g/mol. The minimum atomic E-state index is 0.446. The summed E-state index contributed by atoms with van der Waals surface area (Å²) in [6.45, 7) is 12.6. The molecule has 1 aromatic heterocycles. The summed E-state index contributed by atoms with van der Waals surface area (Å²) in [4.78, 5) is 0. The van der Waals surface area contributed by atoms with Crippen LogP contribution in [0.2, 0.25) is 0 Å². The summed E-state index contributed by atoms with van der Waals surface area (Å²) in [5, 5.41) is 8.15. The summed E-state index contributed by atoms with van der Waals surface area (Å²) in [6, 6.07) is 2.79. The van der Waals surface area contributed by atoms with E-state index in [0.29, 0.717) is 16.9 Å². The molecule has 1 aliphatic rings. The minimum absolute atomic E-state index is 0.446. The summed E-state index contributed by atoms with van der Waals surface area (Å²) < 4.78 is 1.99. The number of hydrogen-bond acceptors (Lipinski definition) is 2. The first-order valence-electron chi connectivity index (χ1n) is 7.40. The Morgan fingerprint density at radius 3 is 2.32 bits per heavy atom. The molecule has 0 aromatic carbocycles. The molecule has 1 saturated carbocycles. The van der Waals surface area contributed by atoms with E-state index in [2.05, 4.69) is 51.1 Å². The predicted octanol–water partition coefficient (Wildman–Crippen LogP) is 3.42. The Labute approximate surface area is 117 Å². The van der Waals surface area contributed by atoms with Gasteiger partial charge in [0.15, 0.2) is 0 Å². The lowest BCUT2D eigenvalue weighted by Gasteiger charge is -2.45. The van der Waals surface area contributed by atoms with Crippen molar-refractivity contribution in [3.8, 4) is 0 Å². The lowest BCUT2D eigenvalue weighted by molar-refractivity contribution is 0.0842. The van der Waals surface area contributed by atoms with Gasteiger partial charge in [-0.1, -0.05) is 27.7 Å². The molecule has 1 heterocycles. The molecule has 0 bridgehead atoms. The van der Waals surface area contributed by atoms with E-state index in [4.69, 9.17) is 0 Å². The van der Waals surface area contributed by atoms with Crippen molar-refractivity contribution in [1.82, 2.24) is 15.1 Å². The molecule has 1 N–H and O–H groups in total. The fourth-order valence-corrected chi connectivity index (χ4v) is 4.07. The number of aromatic nitrogens is 2. The number of hydrogen-bond donors (Lipinski definition) is 1. The van der Waals surface area contributed by atoms with Crippen LogP contribution in [-0.4, -0.2) is 15.8 Å². The third kappa shape index (κ3) is 3.82. The molecule has 0 amide bonds. The molecule has 0 unspecified atom stereocenters. The molecular weight excluding hydrogens is 234 g/mol. The summed E-state index contributed by atoms with van der Waals surface area (Å²) in [5.41, 5.74) is 3.27. The van der Waals surface area contributed by atoms with Gasteiger partial charge in [-0.25, -0.2) is 0 Å². The van der Waals surface area contributed by atoms with Gasteiger partial charge in [-0.05, 0) is 43.1 Å². The van der Waals surface area contributed by atoms with Gasteiger partial charge >= 0.3 is 0 Å². The zero-order valence-electron chi connectivity index (χ0n) is 13.4. The van der Waals surface area contributed by atoms with Crippen LogP contribution in [0.15, 0.2) is 6.07 Å². The van der Waals surface area contributed by atoms with Crippen LogP contribution in [0.1, 0.15) is 58.3 Å². The number of aryl methyl sites for hydroxylation is 2. The molecule has 2 rings (SSSR count). The van der Waals surface area contributed by atoms with Gasteiger partial charge in [0.1, 0.15) is 0 Å². The van der Waals surface area contributed by atoms with E-state index in [0.717, 1.165) is 12.2 Å². The summed E-state index contributed by atoms with van der Waals surface area (Å²) >= 11 is 0. The van der Waals surface area contributed by atoms with E-state index < -0.39 is 0 Å². The Hall–Kier alpha value is -0.830. The van der Waals surface area contributed by atoms with Gasteiger partial charge in [0.05, 0.1) is 11.4 Å². The maximum absolute atomic E-state index is 4.41. The molecular formula is C16H29N3. The zero-order chi connectivity index (χ0) is 14.3. The first-order chi connectivity index (χ1) is 8.67. The average Bonchev–Trinajstić information content (AvgIpc) is 2.49. The molecule has 0 aliphatic heterocycles. The monoisotopic (exact) mass is 263 g/mol. The maximum Gasteiger partial charge on any atom is 0.0597 e. The van der Waals surface area contributed by atoms with Crippen LogP contribution in [0.4, 0.5) is 0 Å². The Morgan fingerprint density at radius 1 is 1.26 bits per heavy atom. The number of rotatable bonds is 3. The molecule has 0 spiro atoms. The molecule has 1 aliphatic carbocycles. The van der Waals surface area contributed by atoms with Crippen LogP contribution in [0.5, 0.6) is 0 Å². The number of nitrogens with zero attached hydrogens (tertiary/aromatic N) is 2. The largest absolute Gasteiger partial charge is 0.308 e. The van der Waals surface area contributed by atoms with Crippen LogP contribution >= 0.6 is 0 Å². The van der Waals surface area contributed by atoms with Crippen molar-refractivity contribution < 1.29 is 0 Å². The van der Waals surface area contributed by atoms with Crippen molar-refractivity contribution in [1.29, 1.82) is 0 Å². The minimum Gasteiger partial charge on any atom is -0.308 e. The molecule has 1 fully saturated rings. The number of nitrogens with one attached hydrogen (secondary N) is 1. The molecule has 1 aromatic rings. The topological polar surface area (TPSA) is 29.9 Å². The lowest BCUT2D eigenvalue weighted by Crippen LogP contribution is -2.43. The zero-order valence-corrected chi connectivity index (χ0v) is 13.4. The van der Waals surface area contributed by atoms with Crippen molar-refractivity contribution in [2.24, 2.45) is 17.9 Å². The molecule has 0 radical (unpaired) electrons. The molecule has 108 valence electrons. The third-order valence-electron chi connectivity index (χ3n) is 4.23. The van der Waals surface area contributed by atoms with Crippen LogP contribution < -0.4 is 5.32 Å². The van der Waals surface area contributed by atoms with Crippen molar-refractivity contribution in [3.05, 3.63) is 17.5 Å². The van der Waals surface area contributed by atoms with E-state index in [1.54, 1.807) is 0 Å². The smallest absolute Gasteiger partial charge is 0.0597 e. The van der Waals surface area contributed by atoms with Gasteiger partial charge in [0.2, 0.25) is 0 Å². The highest BCUT2D eigenvalue weighted by Crippen LogP contribution is 2.45. The second-order valence-electron chi connectivity index (χ2n) is 7.89. The highest BCUT2D eigenvalue weighted by molar-refractivity contribution is 5.08. The second-order valence-corrected chi connectivity index (χ2v) is 7.89. The second kappa shape index (κ2) is 4.93. The van der Waals surface area contributed by atoms with Crippen molar-refractivity contribution >= 4 is 0 Å². The van der Waals surface area contributed by atoms with Gasteiger partial charge in [-0.15, -0.1) is 0 Å². The summed E-state index contributed by atoms with van der Waals surface area (Å²) in [5.74, 6) is 0. The third-order valence-corrected chi connectivity index (χ3v) is 4.23. The molecule has 3 nitrogen and oxygen atoms in total. The Kier molecular flexibility index (Phi) is 3.78. The van der Waals surface area contributed by atoms with Crippen molar-refractivity contribution in [2.75, 3.05) is 0 Å². The lowest BCUT2D eigenvalue weighted by atomic mass is 9.63. The fourth-order valence-electron chi connectivity index (χ4n) is 4.07. The van der Waals surface area contributed by atoms with Gasteiger partial charge in [-0.3, -0.25) is 4.68 Å². The van der Waals surface area contributed by atoms with E-state index in [9.17, 15) is 0 Å². The molecule has 0 atom stereocenters. The summed E-state index contributed by atoms with van der Waals surface area (Å²) in [7, 11) is 2.03. The maximum atomic E-state index is 4.41. The molecule has 0 saturated heterocycles. The normalized spacial score (nSPS) is 22.6. The highest BCUT2D eigenvalue weighted by atomic mass is 15.3. The van der Waals surface area contributed by atoms with E-state index >= 15 is 0 Å². The Morgan fingerprint density at radius 2 is 1.84 bits per heavy atom. The van der Waals surface area contributed by atoms with E-state index in [-0.39, 0.29) is 0 Å². The fraction of sp³-hybridized carbons (Fsp3) is 0.812. The first-order valence-corrected chi connectivity index (χ1v) is 7.40. The van der Waals surface area contributed by atoms with Crippen LogP contribution in [0.25, 0.3) is 0 Å². The quantitative estimate of drug-likeness (QED) is 0.905. The molecule has 3 heteroatoms.